The minimum absolute atomic E-state index is 0.0541. The first-order valence-electron chi connectivity index (χ1n) is 5.10. The van der Waals surface area contributed by atoms with Crippen molar-refractivity contribution in [2.75, 3.05) is 0 Å². The fourth-order valence-corrected chi connectivity index (χ4v) is 3.01. The number of thiazole rings is 1. The topological polar surface area (TPSA) is 87.3 Å². The van der Waals surface area contributed by atoms with Gasteiger partial charge in [0.05, 0.1) is 39.2 Å². The van der Waals surface area contributed by atoms with Crippen LogP contribution in [0.4, 0.5) is 0 Å². The Labute approximate surface area is 108 Å². The Bertz CT molecular complexity index is 847. The molecule has 0 saturated carbocycles. The average Bonchev–Trinajstić information content (AvgIpc) is 3.02. The summed E-state index contributed by atoms with van der Waals surface area (Å²) in [7, 11) is 0. The number of benzene rings is 1. The minimum atomic E-state index is -0.0541. The van der Waals surface area contributed by atoms with E-state index >= 15 is 0 Å². The van der Waals surface area contributed by atoms with E-state index in [2.05, 4.69) is 23.7 Å². The lowest BCUT2D eigenvalue weighted by Crippen LogP contribution is -1.89. The number of rotatable bonds is 1. The number of nitrogens with zero attached hydrogens (tertiary/aromatic N) is 3. The highest BCUT2D eigenvalue weighted by Gasteiger charge is 2.09. The summed E-state index contributed by atoms with van der Waals surface area (Å²) in [5, 5.41) is 0. The predicted molar refractivity (Wildman–Crippen MR) is 71.0 cm³/mol. The molecule has 0 spiro atoms. The van der Waals surface area contributed by atoms with Gasteiger partial charge < -0.3 is 9.97 Å². The normalized spacial score (nSPS) is 11.6. The molecule has 4 aromatic rings. The molecule has 2 N–H and O–H groups in total. The van der Waals surface area contributed by atoms with Crippen molar-refractivity contribution < 1.29 is 0 Å². The molecule has 0 atom stereocenters. The summed E-state index contributed by atoms with van der Waals surface area (Å²) in [4.78, 5) is 21.6. The molecule has 3 aromatic heterocycles. The molecule has 0 aliphatic heterocycles. The van der Waals surface area contributed by atoms with Gasteiger partial charge in [-0.3, -0.25) is 4.79 Å². The Morgan fingerprint density at radius 2 is 2.11 bits per heavy atom. The highest BCUT2D eigenvalue weighted by molar-refractivity contribution is 7.16. The second-order valence-corrected chi connectivity index (χ2v) is 5.33. The van der Waals surface area contributed by atoms with Gasteiger partial charge in [-0.05, 0) is 12.1 Å². The van der Waals surface area contributed by atoms with E-state index in [-0.39, 0.29) is 4.87 Å². The zero-order valence-corrected chi connectivity index (χ0v) is 10.4. The van der Waals surface area contributed by atoms with Crippen LogP contribution in [0.25, 0.3) is 32.8 Å². The molecule has 1 aromatic carbocycles. The number of imidazole rings is 1. The molecule has 0 fully saturated rings. The molecule has 0 unspecified atom stereocenters. The molecule has 3 heterocycles. The molecule has 0 amide bonds. The van der Waals surface area contributed by atoms with Crippen molar-refractivity contribution in [3.63, 3.8) is 0 Å². The van der Waals surface area contributed by atoms with Crippen molar-refractivity contribution in [3.8, 4) is 11.5 Å². The Morgan fingerprint density at radius 1 is 1.17 bits per heavy atom. The maximum Gasteiger partial charge on any atom is 0.305 e. The quantitative estimate of drug-likeness (QED) is 0.556. The van der Waals surface area contributed by atoms with Crippen LogP contribution >= 0.6 is 23.1 Å². The Hall–Kier alpha value is -2.06. The zero-order valence-electron chi connectivity index (χ0n) is 8.80. The van der Waals surface area contributed by atoms with Crippen molar-refractivity contribution in [1.29, 1.82) is 0 Å². The summed E-state index contributed by atoms with van der Waals surface area (Å²) >= 11 is 2.33. The summed E-state index contributed by atoms with van der Waals surface area (Å²) in [6.07, 6.45) is 1.67. The van der Waals surface area contributed by atoms with Crippen LogP contribution < -0.4 is 4.87 Å². The lowest BCUT2D eigenvalue weighted by atomic mass is 10.3. The van der Waals surface area contributed by atoms with Gasteiger partial charge in [0, 0.05) is 0 Å². The van der Waals surface area contributed by atoms with Crippen molar-refractivity contribution in [2.24, 2.45) is 0 Å². The van der Waals surface area contributed by atoms with Crippen molar-refractivity contribution in [3.05, 3.63) is 28.0 Å². The first-order chi connectivity index (χ1) is 8.79. The molecule has 0 saturated heterocycles. The molecule has 4 rings (SSSR count). The van der Waals surface area contributed by atoms with Crippen LogP contribution in [0.15, 0.2) is 23.1 Å². The third-order valence-corrected chi connectivity index (χ3v) is 3.95. The van der Waals surface area contributed by atoms with E-state index in [4.69, 9.17) is 0 Å². The van der Waals surface area contributed by atoms with Crippen LogP contribution in [0.3, 0.4) is 0 Å². The number of H-pyrrole nitrogens is 2. The van der Waals surface area contributed by atoms with E-state index in [1.54, 1.807) is 6.20 Å². The van der Waals surface area contributed by atoms with Crippen molar-refractivity contribution >= 4 is 44.3 Å². The van der Waals surface area contributed by atoms with Gasteiger partial charge in [0.1, 0.15) is 5.69 Å². The van der Waals surface area contributed by atoms with Crippen LogP contribution in [-0.2, 0) is 0 Å². The lowest BCUT2D eigenvalue weighted by molar-refractivity contribution is 1.30. The third kappa shape index (κ3) is 1.39. The monoisotopic (exact) mass is 275 g/mol. The van der Waals surface area contributed by atoms with Gasteiger partial charge in [-0.25, -0.2) is 4.98 Å². The van der Waals surface area contributed by atoms with E-state index in [1.807, 2.05) is 12.1 Å². The lowest BCUT2D eigenvalue weighted by Gasteiger charge is -1.87. The standard InChI is InChI=1S/C10H5N5OS2/c16-10-14-6-1-4-5(2-8(6)17-10)13-9(12-4)7-3-11-18-15-7/h1-3H,(H,12,13)(H,14,16). The number of fused-ring (bicyclic) bond motifs is 2. The second kappa shape index (κ2) is 3.47. The second-order valence-electron chi connectivity index (χ2n) is 3.76. The Morgan fingerprint density at radius 3 is 2.94 bits per heavy atom. The van der Waals surface area contributed by atoms with Gasteiger partial charge in [-0.15, -0.1) is 0 Å². The van der Waals surface area contributed by atoms with Gasteiger partial charge in [0.2, 0.25) is 0 Å². The molecule has 0 bridgehead atoms. The van der Waals surface area contributed by atoms with Gasteiger partial charge in [0.25, 0.3) is 0 Å². The van der Waals surface area contributed by atoms with Crippen LogP contribution in [0, 0.1) is 0 Å². The third-order valence-electron chi connectivity index (χ3n) is 2.63. The molecule has 8 heteroatoms. The van der Waals surface area contributed by atoms with Crippen LogP contribution in [0.1, 0.15) is 0 Å². The molecular weight excluding hydrogens is 270 g/mol. The average molecular weight is 275 g/mol. The van der Waals surface area contributed by atoms with Gasteiger partial charge >= 0.3 is 4.87 Å². The van der Waals surface area contributed by atoms with Gasteiger partial charge in [-0.2, -0.15) is 8.75 Å². The van der Waals surface area contributed by atoms with E-state index in [9.17, 15) is 4.79 Å². The molecule has 18 heavy (non-hydrogen) atoms. The molecular formula is C10H5N5OS2. The summed E-state index contributed by atoms with van der Waals surface area (Å²) < 4.78 is 8.99. The van der Waals surface area contributed by atoms with Crippen molar-refractivity contribution in [2.45, 2.75) is 0 Å². The Balaban J connectivity index is 2.03. The molecule has 6 nitrogen and oxygen atoms in total. The maximum atomic E-state index is 11.3. The van der Waals surface area contributed by atoms with Gasteiger partial charge in [0.15, 0.2) is 5.82 Å². The number of hydrogen-bond acceptors (Lipinski definition) is 6. The van der Waals surface area contributed by atoms with E-state index < -0.39 is 0 Å². The number of nitrogens with one attached hydrogen (secondary N) is 2. The first kappa shape index (κ1) is 9.92. The molecule has 0 aliphatic rings. The summed E-state index contributed by atoms with van der Waals surface area (Å²) in [6, 6.07) is 3.78. The van der Waals surface area contributed by atoms with E-state index in [1.165, 1.54) is 11.3 Å². The van der Waals surface area contributed by atoms with Crippen LogP contribution in [0.5, 0.6) is 0 Å². The smallest absolute Gasteiger partial charge is 0.305 e. The fourth-order valence-electron chi connectivity index (χ4n) is 1.85. The Kier molecular flexibility index (Phi) is 1.91. The fraction of sp³-hybridized carbons (Fsp3) is 0. The SMILES string of the molecule is O=c1[nH]c2cc3[nH]c(-c4cnsn4)nc3cc2s1. The first-order valence-corrected chi connectivity index (χ1v) is 6.65. The molecule has 0 radical (unpaired) electrons. The predicted octanol–water partition coefficient (Wildman–Crippen LogP) is 1.98. The van der Waals surface area contributed by atoms with E-state index in [0.29, 0.717) is 5.82 Å². The van der Waals surface area contributed by atoms with Crippen LogP contribution in [0.2, 0.25) is 0 Å². The highest BCUT2D eigenvalue weighted by Crippen LogP contribution is 2.24. The number of aromatic nitrogens is 5. The van der Waals surface area contributed by atoms with Crippen molar-refractivity contribution in [1.82, 2.24) is 23.7 Å². The minimum Gasteiger partial charge on any atom is -0.336 e. The summed E-state index contributed by atoms with van der Waals surface area (Å²) in [5.41, 5.74) is 3.25. The van der Waals surface area contributed by atoms with Crippen LogP contribution in [-0.4, -0.2) is 23.7 Å². The molecule has 0 aliphatic carbocycles. The number of aromatic amines is 2. The maximum absolute atomic E-state index is 11.3. The zero-order chi connectivity index (χ0) is 12.1. The summed E-state index contributed by atoms with van der Waals surface area (Å²) in [6.45, 7) is 0. The molecule has 88 valence electrons. The highest BCUT2D eigenvalue weighted by atomic mass is 32.1. The van der Waals surface area contributed by atoms with Gasteiger partial charge in [-0.1, -0.05) is 11.3 Å². The summed E-state index contributed by atoms with van der Waals surface area (Å²) in [5.74, 6) is 0.693. The van der Waals surface area contributed by atoms with E-state index in [0.717, 1.165) is 38.7 Å². The largest absolute Gasteiger partial charge is 0.336 e. The number of hydrogen-bond donors (Lipinski definition) is 2.